The minimum Gasteiger partial charge on any atom is -0.374 e. The number of hydrogen-bond donors (Lipinski definition) is 0. The summed E-state index contributed by atoms with van der Waals surface area (Å²) in [7, 11) is 0. The van der Waals surface area contributed by atoms with E-state index in [0.29, 0.717) is 6.10 Å². The Kier molecular flexibility index (Phi) is 2.36. The zero-order chi connectivity index (χ0) is 9.38. The van der Waals surface area contributed by atoms with Crippen LogP contribution in [-0.4, -0.2) is 12.7 Å². The predicted molar refractivity (Wildman–Crippen MR) is 57.2 cm³/mol. The molecule has 0 radical (unpaired) electrons. The van der Waals surface area contributed by atoms with Crippen molar-refractivity contribution in [3.63, 3.8) is 0 Å². The molecule has 2 atom stereocenters. The average Bonchev–Trinajstić information content (AvgIpc) is 2.29. The molecule has 78 valence electrons. The van der Waals surface area contributed by atoms with Crippen molar-refractivity contribution in [1.29, 1.82) is 0 Å². The molecule has 0 amide bonds. The van der Waals surface area contributed by atoms with Crippen LogP contribution in [0.5, 0.6) is 0 Å². The molecule has 1 heteroatoms. The van der Waals surface area contributed by atoms with E-state index >= 15 is 0 Å². The number of ether oxygens (including phenoxy) is 1. The van der Waals surface area contributed by atoms with Gasteiger partial charge in [-0.1, -0.05) is 12.0 Å². The highest BCUT2D eigenvalue weighted by molar-refractivity contribution is 5.26. The van der Waals surface area contributed by atoms with Crippen LogP contribution in [0.25, 0.3) is 0 Å². The van der Waals surface area contributed by atoms with Gasteiger partial charge >= 0.3 is 0 Å². The van der Waals surface area contributed by atoms with E-state index in [4.69, 9.17) is 4.74 Å². The highest BCUT2D eigenvalue weighted by Crippen LogP contribution is 2.43. The molecule has 1 saturated heterocycles. The third-order valence-corrected chi connectivity index (χ3v) is 4.23. The van der Waals surface area contributed by atoms with Gasteiger partial charge in [-0.25, -0.2) is 0 Å². The maximum Gasteiger partial charge on any atom is 0.0787 e. The van der Waals surface area contributed by atoms with Gasteiger partial charge in [-0.3, -0.25) is 0 Å². The highest BCUT2D eigenvalue weighted by Gasteiger charge is 2.32. The van der Waals surface area contributed by atoms with E-state index in [2.05, 4.69) is 0 Å². The largest absolute Gasteiger partial charge is 0.374 e. The van der Waals surface area contributed by atoms with Gasteiger partial charge in [0, 0.05) is 6.61 Å². The maximum atomic E-state index is 5.87. The van der Waals surface area contributed by atoms with Crippen molar-refractivity contribution < 1.29 is 4.74 Å². The lowest BCUT2D eigenvalue weighted by atomic mass is 9.72. The zero-order valence-electron chi connectivity index (χ0n) is 8.93. The first kappa shape index (κ1) is 8.96. The molecule has 0 aromatic heterocycles. The summed E-state index contributed by atoms with van der Waals surface area (Å²) in [4.78, 5) is 0. The molecule has 0 bridgehead atoms. The Hall–Kier alpha value is -0.300. The van der Waals surface area contributed by atoms with Gasteiger partial charge in [0.05, 0.1) is 6.10 Å². The van der Waals surface area contributed by atoms with Gasteiger partial charge < -0.3 is 4.74 Å². The van der Waals surface area contributed by atoms with Crippen molar-refractivity contribution >= 4 is 0 Å². The smallest absolute Gasteiger partial charge is 0.0787 e. The predicted octanol–water partition coefficient (Wildman–Crippen LogP) is 3.45. The van der Waals surface area contributed by atoms with Crippen molar-refractivity contribution in [2.45, 2.75) is 57.5 Å². The molecule has 1 nitrogen and oxygen atoms in total. The van der Waals surface area contributed by atoms with Gasteiger partial charge in [-0.15, -0.1) is 0 Å². The van der Waals surface area contributed by atoms with Crippen LogP contribution in [0.15, 0.2) is 11.1 Å². The monoisotopic (exact) mass is 192 g/mol. The number of fused-ring (bicyclic) bond motifs is 2. The van der Waals surface area contributed by atoms with E-state index in [9.17, 15) is 0 Å². The first-order valence-electron chi connectivity index (χ1n) is 6.28. The van der Waals surface area contributed by atoms with Crippen LogP contribution >= 0.6 is 0 Å². The van der Waals surface area contributed by atoms with Gasteiger partial charge in [0.15, 0.2) is 0 Å². The molecule has 1 aliphatic heterocycles. The van der Waals surface area contributed by atoms with E-state index in [1.54, 1.807) is 5.57 Å². The molecule has 14 heavy (non-hydrogen) atoms. The van der Waals surface area contributed by atoms with E-state index in [1.165, 1.54) is 51.4 Å². The standard InChI is InChI=1S/C13H20O/c1-2-5-11-10(4-1)7-8-13-12(11)6-3-9-14-13/h10,13H,1-9H2. The molecule has 0 aromatic carbocycles. The van der Waals surface area contributed by atoms with Crippen molar-refractivity contribution in [2.75, 3.05) is 6.61 Å². The molecule has 1 saturated carbocycles. The summed E-state index contributed by atoms with van der Waals surface area (Å²) in [6.45, 7) is 1.01. The van der Waals surface area contributed by atoms with Gasteiger partial charge in [-0.05, 0) is 56.4 Å². The Bertz CT molecular complexity index is 228. The van der Waals surface area contributed by atoms with Crippen LogP contribution in [0, 0.1) is 5.92 Å². The van der Waals surface area contributed by atoms with Crippen LogP contribution in [0.4, 0.5) is 0 Å². The summed E-state index contributed by atoms with van der Waals surface area (Å²) in [5.41, 5.74) is 3.56. The lowest BCUT2D eigenvalue weighted by Crippen LogP contribution is -2.31. The van der Waals surface area contributed by atoms with Crippen molar-refractivity contribution in [3.8, 4) is 0 Å². The lowest BCUT2D eigenvalue weighted by Gasteiger charge is -2.39. The Labute approximate surface area is 86.5 Å². The van der Waals surface area contributed by atoms with Gasteiger partial charge in [0.25, 0.3) is 0 Å². The lowest BCUT2D eigenvalue weighted by molar-refractivity contribution is 0.0346. The van der Waals surface area contributed by atoms with Crippen LogP contribution in [0.1, 0.15) is 51.4 Å². The van der Waals surface area contributed by atoms with E-state index < -0.39 is 0 Å². The second kappa shape index (κ2) is 3.69. The molecule has 0 spiro atoms. The topological polar surface area (TPSA) is 9.23 Å². The number of rotatable bonds is 0. The molecule has 3 aliphatic rings. The van der Waals surface area contributed by atoms with Crippen LogP contribution < -0.4 is 0 Å². The minimum absolute atomic E-state index is 0.535. The summed E-state index contributed by atoms with van der Waals surface area (Å²) in [5.74, 6) is 0.955. The van der Waals surface area contributed by atoms with Crippen molar-refractivity contribution in [2.24, 2.45) is 5.92 Å². The SMILES string of the molecule is C1CCC2CCC3OCCCC3=C2C1. The molecular formula is C13H20O. The third-order valence-electron chi connectivity index (χ3n) is 4.23. The summed E-state index contributed by atoms with van der Waals surface area (Å²) >= 11 is 0. The third kappa shape index (κ3) is 1.42. The molecule has 3 rings (SSSR count). The molecule has 2 fully saturated rings. The Morgan fingerprint density at radius 1 is 0.857 bits per heavy atom. The summed E-state index contributed by atoms with van der Waals surface area (Å²) in [6, 6.07) is 0. The van der Waals surface area contributed by atoms with Crippen molar-refractivity contribution in [3.05, 3.63) is 11.1 Å². The van der Waals surface area contributed by atoms with Crippen LogP contribution in [0.3, 0.4) is 0 Å². The quantitative estimate of drug-likeness (QED) is 0.534. The normalized spacial score (nSPS) is 37.7. The summed E-state index contributed by atoms with van der Waals surface area (Å²) in [5, 5.41) is 0. The highest BCUT2D eigenvalue weighted by atomic mass is 16.5. The first-order valence-corrected chi connectivity index (χ1v) is 6.28. The first-order chi connectivity index (χ1) is 6.95. The molecule has 0 N–H and O–H groups in total. The second-order valence-corrected chi connectivity index (χ2v) is 5.03. The fourth-order valence-electron chi connectivity index (χ4n) is 3.55. The van der Waals surface area contributed by atoms with Crippen molar-refractivity contribution in [1.82, 2.24) is 0 Å². The van der Waals surface area contributed by atoms with Crippen LogP contribution in [-0.2, 0) is 4.74 Å². The average molecular weight is 192 g/mol. The number of allylic oxidation sites excluding steroid dienone is 1. The van der Waals surface area contributed by atoms with E-state index in [0.717, 1.165) is 12.5 Å². The Morgan fingerprint density at radius 2 is 1.79 bits per heavy atom. The van der Waals surface area contributed by atoms with Gasteiger partial charge in [0.2, 0.25) is 0 Å². The minimum atomic E-state index is 0.535. The summed E-state index contributed by atoms with van der Waals surface area (Å²) < 4.78 is 5.87. The number of hydrogen-bond acceptors (Lipinski definition) is 1. The maximum absolute atomic E-state index is 5.87. The molecule has 1 heterocycles. The van der Waals surface area contributed by atoms with E-state index in [-0.39, 0.29) is 0 Å². The second-order valence-electron chi connectivity index (χ2n) is 5.03. The van der Waals surface area contributed by atoms with Crippen LogP contribution in [0.2, 0.25) is 0 Å². The molecule has 2 aliphatic carbocycles. The van der Waals surface area contributed by atoms with E-state index in [1.807, 2.05) is 5.57 Å². The molecule has 0 aromatic rings. The zero-order valence-corrected chi connectivity index (χ0v) is 8.93. The molecule has 2 unspecified atom stereocenters. The van der Waals surface area contributed by atoms with Gasteiger partial charge in [0.1, 0.15) is 0 Å². The Balaban J connectivity index is 1.90. The van der Waals surface area contributed by atoms with Gasteiger partial charge in [-0.2, -0.15) is 0 Å². The Morgan fingerprint density at radius 3 is 2.79 bits per heavy atom. The fraction of sp³-hybridized carbons (Fsp3) is 0.846. The fourth-order valence-corrected chi connectivity index (χ4v) is 3.55. The summed E-state index contributed by atoms with van der Waals surface area (Å²) in [6.07, 6.45) is 11.6. The molecular weight excluding hydrogens is 172 g/mol.